The average Bonchev–Trinajstić information content (AvgIpc) is 2.36. The number of ether oxygens (including phenoxy) is 1. The van der Waals surface area contributed by atoms with E-state index in [4.69, 9.17) is 16.2 Å². The average molecular weight is 380 g/mol. The van der Waals surface area contributed by atoms with E-state index >= 15 is 0 Å². The molecule has 0 amide bonds. The quantitative estimate of drug-likeness (QED) is 0.300. The molecule has 1 rings (SSSR count). The Morgan fingerprint density at radius 1 is 1.33 bits per heavy atom. The highest BCUT2D eigenvalue weighted by Gasteiger charge is 2.04. The van der Waals surface area contributed by atoms with Gasteiger partial charge in [-0.2, -0.15) is 8.42 Å². The first kappa shape index (κ1) is 17.7. The Hall–Kier alpha value is -1.32. The predicted octanol–water partition coefficient (Wildman–Crippen LogP) is 0.968. The highest BCUT2D eigenvalue weighted by Crippen LogP contribution is 2.26. The van der Waals surface area contributed by atoms with E-state index in [-0.39, 0.29) is 12.6 Å². The minimum Gasteiger partial charge on any atom is -0.492 e. The number of hydrogen-bond donors (Lipinski definition) is 2. The van der Waals surface area contributed by atoms with Gasteiger partial charge in [0.05, 0.1) is 30.5 Å². The summed E-state index contributed by atoms with van der Waals surface area (Å²) < 4.78 is 32.4. The lowest BCUT2D eigenvalue weighted by molar-refractivity contribution is 0.251. The lowest BCUT2D eigenvalue weighted by Gasteiger charge is -2.09. The molecule has 0 radical (unpaired) electrons. The third-order valence-corrected chi connectivity index (χ3v) is 3.50. The second kappa shape index (κ2) is 8.20. The normalized spacial score (nSPS) is 11.1. The van der Waals surface area contributed by atoms with Gasteiger partial charge in [0.25, 0.3) is 10.1 Å². The zero-order valence-corrected chi connectivity index (χ0v) is 14.0. The smallest absolute Gasteiger partial charge is 0.264 e. The van der Waals surface area contributed by atoms with Crippen molar-refractivity contribution in [1.82, 2.24) is 0 Å². The van der Waals surface area contributed by atoms with Crippen LogP contribution in [0.5, 0.6) is 5.75 Å². The second-order valence-corrected chi connectivity index (χ2v) is 6.73. The first-order valence-electron chi connectivity index (χ1n) is 6.09. The number of hydrogen-bond acceptors (Lipinski definition) is 5. The summed E-state index contributed by atoms with van der Waals surface area (Å²) in [6.07, 6.45) is 1.48. The van der Waals surface area contributed by atoms with Crippen LogP contribution in [0.15, 0.2) is 27.7 Å². The van der Waals surface area contributed by atoms with Gasteiger partial charge in [0.1, 0.15) is 5.75 Å². The van der Waals surface area contributed by atoms with Gasteiger partial charge in [-0.1, -0.05) is 6.07 Å². The van der Waals surface area contributed by atoms with Gasteiger partial charge in [0.15, 0.2) is 5.96 Å². The largest absolute Gasteiger partial charge is 0.492 e. The SMILES string of the molecule is CS(=O)(=O)OCCCOc1ccc(CN=C(N)N)cc1Br. The maximum atomic E-state index is 10.8. The predicted molar refractivity (Wildman–Crippen MR) is 84.6 cm³/mol. The zero-order valence-electron chi connectivity index (χ0n) is 11.6. The van der Waals surface area contributed by atoms with Crippen molar-refractivity contribution in [3.8, 4) is 5.75 Å². The molecule has 0 aliphatic rings. The second-order valence-electron chi connectivity index (χ2n) is 4.23. The fraction of sp³-hybridized carbons (Fsp3) is 0.417. The molecule has 0 saturated heterocycles. The molecule has 21 heavy (non-hydrogen) atoms. The van der Waals surface area contributed by atoms with Crippen LogP contribution < -0.4 is 16.2 Å². The van der Waals surface area contributed by atoms with Crippen LogP contribution >= 0.6 is 15.9 Å². The van der Waals surface area contributed by atoms with Gasteiger partial charge in [-0.25, -0.2) is 4.99 Å². The molecule has 0 unspecified atom stereocenters. The van der Waals surface area contributed by atoms with Crippen molar-refractivity contribution in [2.24, 2.45) is 16.5 Å². The van der Waals surface area contributed by atoms with E-state index in [1.807, 2.05) is 12.1 Å². The van der Waals surface area contributed by atoms with E-state index in [1.165, 1.54) is 0 Å². The molecule has 0 aliphatic heterocycles. The van der Waals surface area contributed by atoms with Gasteiger partial charge in [0, 0.05) is 6.42 Å². The lowest BCUT2D eigenvalue weighted by atomic mass is 10.2. The van der Waals surface area contributed by atoms with Gasteiger partial charge >= 0.3 is 0 Å². The van der Waals surface area contributed by atoms with Crippen LogP contribution in [0.2, 0.25) is 0 Å². The summed E-state index contributed by atoms with van der Waals surface area (Å²) in [5.74, 6) is 0.695. The van der Waals surface area contributed by atoms with Crippen molar-refractivity contribution < 1.29 is 17.3 Å². The molecule has 0 heterocycles. The zero-order chi connectivity index (χ0) is 15.9. The van der Waals surface area contributed by atoms with Crippen LogP contribution in [0.1, 0.15) is 12.0 Å². The Balaban J connectivity index is 2.44. The van der Waals surface area contributed by atoms with Gasteiger partial charge in [0.2, 0.25) is 0 Å². The molecule has 7 nitrogen and oxygen atoms in total. The molecule has 0 aromatic heterocycles. The summed E-state index contributed by atoms with van der Waals surface area (Å²) in [4.78, 5) is 3.91. The van der Waals surface area contributed by atoms with Crippen LogP contribution in [-0.4, -0.2) is 33.8 Å². The standard InChI is InChI=1S/C12H18BrN3O4S/c1-21(17,18)20-6-2-5-19-11-4-3-9(7-10(11)13)8-16-12(14)15/h3-4,7H,2,5-6,8H2,1H3,(H4,14,15,16). The Morgan fingerprint density at radius 2 is 2.05 bits per heavy atom. The molecule has 0 atom stereocenters. The molecular formula is C12H18BrN3O4S. The van der Waals surface area contributed by atoms with Crippen molar-refractivity contribution in [2.45, 2.75) is 13.0 Å². The Bertz CT molecular complexity index is 601. The molecule has 1 aromatic carbocycles. The summed E-state index contributed by atoms with van der Waals surface area (Å²) in [5, 5.41) is 0. The Morgan fingerprint density at radius 3 is 2.62 bits per heavy atom. The van der Waals surface area contributed by atoms with E-state index in [2.05, 4.69) is 25.1 Å². The number of halogens is 1. The maximum Gasteiger partial charge on any atom is 0.264 e. The Labute approximate surface area is 132 Å². The first-order valence-corrected chi connectivity index (χ1v) is 8.70. The molecule has 0 fully saturated rings. The topological polar surface area (TPSA) is 117 Å². The highest BCUT2D eigenvalue weighted by atomic mass is 79.9. The van der Waals surface area contributed by atoms with Crippen LogP contribution in [0.4, 0.5) is 0 Å². The fourth-order valence-electron chi connectivity index (χ4n) is 1.39. The van der Waals surface area contributed by atoms with Crippen molar-refractivity contribution >= 4 is 32.0 Å². The van der Waals surface area contributed by atoms with Crippen LogP contribution in [-0.2, 0) is 20.8 Å². The van der Waals surface area contributed by atoms with Gasteiger partial charge < -0.3 is 16.2 Å². The van der Waals surface area contributed by atoms with E-state index in [1.54, 1.807) is 6.07 Å². The first-order chi connectivity index (χ1) is 9.78. The molecule has 9 heteroatoms. The minimum atomic E-state index is -3.39. The number of nitrogens with zero attached hydrogens (tertiary/aromatic N) is 1. The van der Waals surface area contributed by atoms with E-state index in [9.17, 15) is 8.42 Å². The summed E-state index contributed by atoms with van der Waals surface area (Å²) >= 11 is 3.39. The highest BCUT2D eigenvalue weighted by molar-refractivity contribution is 9.10. The molecule has 118 valence electrons. The third kappa shape index (κ3) is 7.88. The van der Waals surface area contributed by atoms with Crippen molar-refractivity contribution in [2.75, 3.05) is 19.5 Å². The van der Waals surface area contributed by atoms with Gasteiger partial charge in [-0.3, -0.25) is 4.18 Å². The molecular weight excluding hydrogens is 362 g/mol. The molecule has 0 spiro atoms. The fourth-order valence-corrected chi connectivity index (χ4v) is 2.35. The summed E-state index contributed by atoms with van der Waals surface area (Å²) in [5.41, 5.74) is 11.5. The number of guanidine groups is 1. The van der Waals surface area contributed by atoms with Gasteiger partial charge in [-0.05, 0) is 33.6 Å². The number of benzene rings is 1. The van der Waals surface area contributed by atoms with Gasteiger partial charge in [-0.15, -0.1) is 0 Å². The summed E-state index contributed by atoms with van der Waals surface area (Å²) in [7, 11) is -3.39. The molecule has 0 bridgehead atoms. The maximum absolute atomic E-state index is 10.8. The number of aliphatic imine (C=N–C) groups is 1. The minimum absolute atomic E-state index is 0.0392. The van der Waals surface area contributed by atoms with Crippen LogP contribution in [0, 0.1) is 0 Å². The van der Waals surface area contributed by atoms with E-state index in [0.29, 0.717) is 25.3 Å². The lowest BCUT2D eigenvalue weighted by Crippen LogP contribution is -2.22. The summed E-state index contributed by atoms with van der Waals surface area (Å²) in [6, 6.07) is 5.49. The molecule has 1 aromatic rings. The molecule has 4 N–H and O–H groups in total. The number of nitrogens with two attached hydrogens (primary N) is 2. The van der Waals surface area contributed by atoms with E-state index < -0.39 is 10.1 Å². The van der Waals surface area contributed by atoms with Crippen molar-refractivity contribution in [1.29, 1.82) is 0 Å². The third-order valence-electron chi connectivity index (χ3n) is 2.28. The Kier molecular flexibility index (Phi) is 6.93. The van der Waals surface area contributed by atoms with Crippen LogP contribution in [0.3, 0.4) is 0 Å². The van der Waals surface area contributed by atoms with Crippen molar-refractivity contribution in [3.05, 3.63) is 28.2 Å². The molecule has 0 saturated carbocycles. The molecule has 0 aliphatic carbocycles. The van der Waals surface area contributed by atoms with Crippen LogP contribution in [0.25, 0.3) is 0 Å². The number of rotatable bonds is 8. The van der Waals surface area contributed by atoms with Crippen molar-refractivity contribution in [3.63, 3.8) is 0 Å². The van der Waals surface area contributed by atoms with E-state index in [0.717, 1.165) is 16.3 Å². The monoisotopic (exact) mass is 379 g/mol. The summed E-state index contributed by atoms with van der Waals surface area (Å²) in [6.45, 7) is 0.837.